The quantitative estimate of drug-likeness (QED) is 0.0570. The first kappa shape index (κ1) is 51.9. The Balaban J connectivity index is 0.000000216. The molecule has 8 rings (SSSR count). The maximum absolute atomic E-state index is 12.1. The van der Waals surface area contributed by atoms with Gasteiger partial charge in [0, 0.05) is 52.8 Å². The molecule has 2 aliphatic heterocycles. The van der Waals surface area contributed by atoms with E-state index in [9.17, 15) is 9.59 Å². The van der Waals surface area contributed by atoms with E-state index in [0.717, 1.165) is 60.5 Å². The molecule has 19 nitrogen and oxygen atoms in total. The van der Waals surface area contributed by atoms with Crippen LogP contribution in [0.3, 0.4) is 0 Å². The van der Waals surface area contributed by atoms with Crippen molar-refractivity contribution < 1.29 is 28.5 Å². The molecule has 2 saturated heterocycles. The first-order chi connectivity index (χ1) is 33.8. The molecule has 20 heteroatoms. The minimum absolute atomic E-state index is 0.153. The van der Waals surface area contributed by atoms with Gasteiger partial charge in [-0.2, -0.15) is 9.97 Å². The molecule has 3 aromatic heterocycles. The monoisotopic (exact) mass is 991 g/mol. The lowest BCUT2D eigenvalue weighted by Gasteiger charge is -2.28. The van der Waals surface area contributed by atoms with Crippen molar-refractivity contribution in [2.24, 2.45) is 0 Å². The number of anilines is 7. The number of nitrogens with one attached hydrogen (secondary N) is 6. The summed E-state index contributed by atoms with van der Waals surface area (Å²) in [5, 5.41) is 19.6. The summed E-state index contributed by atoms with van der Waals surface area (Å²) in [5.74, 6) is 2.17. The zero-order chi connectivity index (χ0) is 50.7. The molecule has 2 fully saturated rings. The first-order valence-corrected chi connectivity index (χ1v) is 24.2. The highest BCUT2D eigenvalue weighted by atomic mass is 35.5. The van der Waals surface area contributed by atoms with Crippen molar-refractivity contribution >= 4 is 75.7 Å². The van der Waals surface area contributed by atoms with Crippen molar-refractivity contribution in [3.05, 3.63) is 101 Å². The Hall–Kier alpha value is -6.96. The van der Waals surface area contributed by atoms with Crippen LogP contribution < -0.4 is 37.6 Å². The number of carbonyl (C=O) groups excluding carboxylic acids is 2. The molecule has 378 valence electrons. The van der Waals surface area contributed by atoms with Gasteiger partial charge in [-0.1, -0.05) is 41.9 Å². The number of alkyl carbamates (subject to hydrolysis) is 2. The van der Waals surface area contributed by atoms with E-state index in [-0.39, 0.29) is 48.6 Å². The fourth-order valence-electron chi connectivity index (χ4n) is 7.70. The Morgan fingerprint density at radius 1 is 0.718 bits per heavy atom. The first-order valence-electron chi connectivity index (χ1n) is 23.8. The Morgan fingerprint density at radius 2 is 1.27 bits per heavy atom. The predicted molar refractivity (Wildman–Crippen MR) is 278 cm³/mol. The number of rotatable bonds is 13. The van der Waals surface area contributed by atoms with Crippen LogP contribution in [-0.2, 0) is 32.2 Å². The Bertz CT molecular complexity index is 2730. The number of halogens is 1. The zero-order valence-electron chi connectivity index (χ0n) is 41.6. The minimum atomic E-state index is -0.458. The Morgan fingerprint density at radius 3 is 1.82 bits per heavy atom. The van der Waals surface area contributed by atoms with E-state index in [1.165, 1.54) is 0 Å². The van der Waals surface area contributed by atoms with Crippen LogP contribution in [0.15, 0.2) is 85.2 Å². The highest BCUT2D eigenvalue weighted by molar-refractivity contribution is 6.30. The number of hydrogen-bond donors (Lipinski definition) is 7. The number of amides is 2. The molecule has 4 unspecified atom stereocenters. The Labute approximate surface area is 419 Å². The molecule has 0 bridgehead atoms. The van der Waals surface area contributed by atoms with Crippen LogP contribution >= 0.6 is 11.6 Å². The van der Waals surface area contributed by atoms with E-state index in [2.05, 4.69) is 60.7 Å². The second-order valence-corrected chi connectivity index (χ2v) is 20.2. The fraction of sp³-hybridized carbons (Fsp3) is 0.431. The van der Waals surface area contributed by atoms with E-state index in [4.69, 9.17) is 46.3 Å². The summed E-state index contributed by atoms with van der Waals surface area (Å²) in [6, 6.07) is 23.2. The van der Waals surface area contributed by atoms with Crippen LogP contribution in [0.1, 0.15) is 92.2 Å². The van der Waals surface area contributed by atoms with E-state index in [0.29, 0.717) is 52.1 Å². The predicted octanol–water partition coefficient (Wildman–Crippen LogP) is 10.0. The molecular weight excluding hydrogens is 926 g/mol. The van der Waals surface area contributed by atoms with Gasteiger partial charge in [0.1, 0.15) is 18.7 Å². The number of fused-ring (bicyclic) bond motifs is 1. The fourth-order valence-corrected chi connectivity index (χ4v) is 7.89. The van der Waals surface area contributed by atoms with Crippen molar-refractivity contribution in [3.8, 4) is 5.69 Å². The molecule has 71 heavy (non-hydrogen) atoms. The third-order valence-electron chi connectivity index (χ3n) is 11.0. The lowest BCUT2D eigenvalue weighted by Crippen LogP contribution is -2.40. The molecule has 0 radical (unpaired) electrons. The number of nitrogens with two attached hydrogens (primary N) is 1. The van der Waals surface area contributed by atoms with Gasteiger partial charge in [0.2, 0.25) is 17.8 Å². The van der Waals surface area contributed by atoms with Gasteiger partial charge in [-0.05, 0) is 135 Å². The van der Waals surface area contributed by atoms with Crippen LogP contribution in [0.25, 0.3) is 16.9 Å². The standard InChI is InChI=1S/C29H34ClN7O3.C22H32N6O3/c1-18-14-22(12-13-39-18)32-26-31-16-24-25(35-26)37(27(34-24)33-21-7-5-6-20(30)15-21)23-10-8-19(9-11-23)17-40-28(38)36-29(2,3)4;1-14-11-17(9-10-30-14)26-20-24-12-18(23)19(27-20)25-16-7-5-15(6-8-16)13-31-21(29)28-22(2,3)4/h5-11,15-16,18,22H,12-14,17H2,1-4H3,(H,33,34)(H,36,38)(H,31,32,35);5-8,12,14,17H,9-11,13,23H2,1-4H3,(H,28,29)(H2,24,25,26,27). The lowest BCUT2D eigenvalue weighted by molar-refractivity contribution is 0.0229. The minimum Gasteiger partial charge on any atom is -0.445 e. The molecule has 4 atom stereocenters. The molecule has 0 spiro atoms. The molecule has 8 N–H and O–H groups in total. The molecule has 3 aromatic carbocycles. The molecule has 2 aliphatic rings. The van der Waals surface area contributed by atoms with Crippen LogP contribution in [0, 0.1) is 0 Å². The summed E-state index contributed by atoms with van der Waals surface area (Å²) in [6.07, 6.45) is 6.44. The average molecular weight is 993 g/mol. The van der Waals surface area contributed by atoms with Crippen LogP contribution in [0.4, 0.5) is 50.3 Å². The lowest BCUT2D eigenvalue weighted by atomic mass is 10.0. The van der Waals surface area contributed by atoms with Gasteiger partial charge in [-0.3, -0.25) is 4.57 Å². The van der Waals surface area contributed by atoms with Gasteiger partial charge < -0.3 is 56.6 Å². The highest BCUT2D eigenvalue weighted by Gasteiger charge is 2.23. The summed E-state index contributed by atoms with van der Waals surface area (Å²) in [7, 11) is 0. The van der Waals surface area contributed by atoms with Crippen molar-refractivity contribution in [3.63, 3.8) is 0 Å². The number of nitrogen functional groups attached to an aromatic ring is 1. The molecule has 2 amide bonds. The van der Waals surface area contributed by atoms with Gasteiger partial charge in [-0.25, -0.2) is 24.5 Å². The number of hydrogen-bond acceptors (Lipinski definition) is 16. The van der Waals surface area contributed by atoms with Crippen LogP contribution in [0.2, 0.25) is 5.02 Å². The number of imidazole rings is 1. The number of ether oxygens (including phenoxy) is 4. The molecule has 6 aromatic rings. The highest BCUT2D eigenvalue weighted by Crippen LogP contribution is 2.29. The SMILES string of the molecule is CC1CC(Nc2ncc(N)c(Nc3ccc(COC(=O)NC(C)(C)C)cc3)n2)CCO1.CC1CC(Nc2ncc3nc(Nc4cccc(Cl)c4)n(-c4ccc(COC(=O)NC(C)(C)C)cc4)c3n2)CCO1. The third-order valence-corrected chi connectivity index (χ3v) is 11.3. The van der Waals surface area contributed by atoms with Crippen LogP contribution in [-0.4, -0.2) is 90.3 Å². The van der Waals surface area contributed by atoms with E-state index in [1.807, 2.05) is 119 Å². The van der Waals surface area contributed by atoms with Crippen molar-refractivity contribution in [2.45, 2.75) is 130 Å². The smallest absolute Gasteiger partial charge is 0.407 e. The number of nitrogens with zero attached hydrogens (tertiary/aromatic N) is 6. The van der Waals surface area contributed by atoms with E-state index in [1.54, 1.807) is 12.4 Å². The molecule has 0 saturated carbocycles. The van der Waals surface area contributed by atoms with Gasteiger partial charge in [0.15, 0.2) is 11.5 Å². The Kier molecular flexibility index (Phi) is 17.0. The maximum Gasteiger partial charge on any atom is 0.407 e. The number of carbonyl (C=O) groups is 2. The second-order valence-electron chi connectivity index (χ2n) is 19.8. The molecule has 5 heterocycles. The van der Waals surface area contributed by atoms with E-state index < -0.39 is 12.2 Å². The van der Waals surface area contributed by atoms with Gasteiger partial charge in [0.05, 0.1) is 36.0 Å². The summed E-state index contributed by atoms with van der Waals surface area (Å²) < 4.78 is 23.8. The third kappa shape index (κ3) is 16.0. The summed E-state index contributed by atoms with van der Waals surface area (Å²) >= 11 is 6.23. The maximum atomic E-state index is 12.1. The summed E-state index contributed by atoms with van der Waals surface area (Å²) in [5.41, 5.74) is 11.3. The average Bonchev–Trinajstić information content (AvgIpc) is 3.65. The van der Waals surface area contributed by atoms with Crippen molar-refractivity contribution in [1.82, 2.24) is 40.1 Å². The number of aromatic nitrogens is 6. The summed E-state index contributed by atoms with van der Waals surface area (Å²) in [4.78, 5) is 46.9. The second kappa shape index (κ2) is 23.3. The van der Waals surface area contributed by atoms with E-state index >= 15 is 0 Å². The van der Waals surface area contributed by atoms with Gasteiger partial charge in [-0.15, -0.1) is 0 Å². The van der Waals surface area contributed by atoms with Crippen molar-refractivity contribution in [2.75, 3.05) is 40.2 Å². The largest absolute Gasteiger partial charge is 0.445 e. The molecule has 0 aliphatic carbocycles. The topological polar surface area (TPSA) is 239 Å². The zero-order valence-corrected chi connectivity index (χ0v) is 42.4. The van der Waals surface area contributed by atoms with Crippen LogP contribution in [0.5, 0.6) is 0 Å². The van der Waals surface area contributed by atoms with Gasteiger partial charge in [0.25, 0.3) is 0 Å². The van der Waals surface area contributed by atoms with Gasteiger partial charge >= 0.3 is 12.2 Å². The number of benzene rings is 3. The summed E-state index contributed by atoms with van der Waals surface area (Å²) in [6.45, 7) is 17.3. The normalized spacial score (nSPS) is 18.0. The molecular formula is C51H66ClN13O6. The van der Waals surface area contributed by atoms with Crippen molar-refractivity contribution in [1.29, 1.82) is 0 Å².